The zero-order valence-corrected chi connectivity index (χ0v) is 13.9. The summed E-state index contributed by atoms with van der Waals surface area (Å²) in [6.07, 6.45) is 2.37. The summed E-state index contributed by atoms with van der Waals surface area (Å²) >= 11 is 12.1. The van der Waals surface area contributed by atoms with Gasteiger partial charge in [0.05, 0.1) is 11.1 Å². The van der Waals surface area contributed by atoms with Gasteiger partial charge in [0, 0.05) is 24.7 Å². The molecule has 1 saturated carbocycles. The van der Waals surface area contributed by atoms with Gasteiger partial charge in [-0.1, -0.05) is 23.2 Å². The summed E-state index contributed by atoms with van der Waals surface area (Å²) in [5, 5.41) is 0.399. The van der Waals surface area contributed by atoms with Crippen molar-refractivity contribution in [2.75, 3.05) is 7.11 Å². The Kier molecular flexibility index (Phi) is 5.51. The highest BCUT2D eigenvalue weighted by Gasteiger charge is 2.32. The number of methoxy groups -OCH3 is 1. The van der Waals surface area contributed by atoms with E-state index < -0.39 is 10.0 Å². The molecule has 21 heavy (non-hydrogen) atoms. The van der Waals surface area contributed by atoms with Crippen molar-refractivity contribution >= 4 is 33.2 Å². The Balaban J connectivity index is 2.34. The molecule has 0 aliphatic heterocycles. The minimum atomic E-state index is -3.77. The SMILES string of the molecule is COC1CCCC1NS(=O)(=O)c1cc(Cl)cc(CN)c1Cl. The summed E-state index contributed by atoms with van der Waals surface area (Å²) in [5.41, 5.74) is 6.06. The van der Waals surface area contributed by atoms with Crippen LogP contribution in [-0.4, -0.2) is 27.7 Å². The molecule has 0 saturated heterocycles. The van der Waals surface area contributed by atoms with Gasteiger partial charge in [0.25, 0.3) is 0 Å². The Bertz CT molecular complexity index is 622. The van der Waals surface area contributed by atoms with E-state index in [1.54, 1.807) is 13.2 Å². The van der Waals surface area contributed by atoms with Crippen LogP contribution in [0.1, 0.15) is 24.8 Å². The van der Waals surface area contributed by atoms with Gasteiger partial charge < -0.3 is 10.5 Å². The number of benzene rings is 1. The molecule has 2 rings (SSSR count). The number of halogens is 2. The number of ether oxygens (including phenoxy) is 1. The molecule has 8 heteroatoms. The fourth-order valence-electron chi connectivity index (χ4n) is 2.57. The molecule has 1 aromatic rings. The molecule has 1 aliphatic rings. The molecule has 0 amide bonds. The number of hydrogen-bond donors (Lipinski definition) is 2. The van der Waals surface area contributed by atoms with Gasteiger partial charge in [-0.3, -0.25) is 0 Å². The summed E-state index contributed by atoms with van der Waals surface area (Å²) < 4.78 is 33.0. The maximum absolute atomic E-state index is 12.5. The zero-order valence-electron chi connectivity index (χ0n) is 11.6. The molecule has 2 unspecified atom stereocenters. The van der Waals surface area contributed by atoms with Crippen LogP contribution in [0.15, 0.2) is 17.0 Å². The van der Waals surface area contributed by atoms with E-state index in [1.165, 1.54) is 6.07 Å². The van der Waals surface area contributed by atoms with Crippen molar-refractivity contribution in [1.82, 2.24) is 4.72 Å². The van der Waals surface area contributed by atoms with Crippen LogP contribution in [0, 0.1) is 0 Å². The van der Waals surface area contributed by atoms with Gasteiger partial charge >= 0.3 is 0 Å². The smallest absolute Gasteiger partial charge is 0.242 e. The minimum absolute atomic E-state index is 0.0427. The number of nitrogens with one attached hydrogen (secondary N) is 1. The standard InChI is InChI=1S/C13H18Cl2N2O3S/c1-20-11-4-2-3-10(11)17-21(18,19)12-6-9(14)5-8(7-16)13(12)15/h5-6,10-11,17H,2-4,7,16H2,1H3. The summed E-state index contributed by atoms with van der Waals surface area (Å²) in [6.45, 7) is 0.117. The molecule has 1 aliphatic carbocycles. The molecule has 2 atom stereocenters. The zero-order chi connectivity index (χ0) is 15.6. The van der Waals surface area contributed by atoms with Crippen LogP contribution in [0.25, 0.3) is 0 Å². The van der Waals surface area contributed by atoms with E-state index in [0.717, 1.165) is 19.3 Å². The molecular formula is C13H18Cl2N2O3S. The number of nitrogens with two attached hydrogens (primary N) is 1. The quantitative estimate of drug-likeness (QED) is 0.851. The topological polar surface area (TPSA) is 81.4 Å². The molecule has 5 nitrogen and oxygen atoms in total. The Morgan fingerprint density at radius 3 is 2.71 bits per heavy atom. The molecule has 0 heterocycles. The van der Waals surface area contributed by atoms with Crippen molar-refractivity contribution < 1.29 is 13.2 Å². The molecule has 0 radical (unpaired) electrons. The average Bonchev–Trinajstić information content (AvgIpc) is 2.87. The van der Waals surface area contributed by atoms with Gasteiger partial charge in [0.2, 0.25) is 10.0 Å². The van der Waals surface area contributed by atoms with E-state index in [9.17, 15) is 8.42 Å². The van der Waals surface area contributed by atoms with E-state index in [0.29, 0.717) is 5.56 Å². The van der Waals surface area contributed by atoms with E-state index >= 15 is 0 Å². The van der Waals surface area contributed by atoms with Crippen LogP contribution in [0.2, 0.25) is 10.0 Å². The van der Waals surface area contributed by atoms with Gasteiger partial charge in [0.1, 0.15) is 4.90 Å². The highest BCUT2D eigenvalue weighted by atomic mass is 35.5. The lowest BCUT2D eigenvalue weighted by Gasteiger charge is -2.20. The largest absolute Gasteiger partial charge is 0.380 e. The lowest BCUT2D eigenvalue weighted by atomic mass is 10.2. The Labute approximate surface area is 134 Å². The van der Waals surface area contributed by atoms with Crippen molar-refractivity contribution in [3.8, 4) is 0 Å². The van der Waals surface area contributed by atoms with Crippen molar-refractivity contribution in [2.24, 2.45) is 5.73 Å². The second kappa shape index (κ2) is 6.81. The highest BCUT2D eigenvalue weighted by Crippen LogP contribution is 2.30. The molecule has 0 aromatic heterocycles. The summed E-state index contributed by atoms with van der Waals surface area (Å²) in [7, 11) is -2.19. The fraction of sp³-hybridized carbons (Fsp3) is 0.538. The summed E-state index contributed by atoms with van der Waals surface area (Å²) in [4.78, 5) is -0.0427. The Morgan fingerprint density at radius 2 is 2.10 bits per heavy atom. The highest BCUT2D eigenvalue weighted by molar-refractivity contribution is 7.89. The second-order valence-corrected chi connectivity index (χ2v) is 7.51. The summed E-state index contributed by atoms with van der Waals surface area (Å²) in [6, 6.07) is 2.65. The van der Waals surface area contributed by atoms with Crippen LogP contribution < -0.4 is 10.5 Å². The maximum Gasteiger partial charge on any atom is 0.242 e. The van der Waals surface area contributed by atoms with Crippen LogP contribution in [0.5, 0.6) is 0 Å². The van der Waals surface area contributed by atoms with Crippen molar-refractivity contribution in [2.45, 2.75) is 42.8 Å². The van der Waals surface area contributed by atoms with Crippen LogP contribution in [-0.2, 0) is 21.3 Å². The number of sulfonamides is 1. The fourth-order valence-corrected chi connectivity index (χ4v) is 4.81. The predicted molar refractivity (Wildman–Crippen MR) is 83.1 cm³/mol. The van der Waals surface area contributed by atoms with Crippen LogP contribution in [0.4, 0.5) is 0 Å². The van der Waals surface area contributed by atoms with E-state index in [2.05, 4.69) is 4.72 Å². The first-order valence-corrected chi connectivity index (χ1v) is 8.86. The summed E-state index contributed by atoms with van der Waals surface area (Å²) in [5.74, 6) is 0. The third-order valence-electron chi connectivity index (χ3n) is 3.65. The third kappa shape index (κ3) is 3.70. The first-order valence-electron chi connectivity index (χ1n) is 6.62. The van der Waals surface area contributed by atoms with Gasteiger partial charge in [0.15, 0.2) is 0 Å². The van der Waals surface area contributed by atoms with E-state index in [-0.39, 0.29) is 33.6 Å². The van der Waals surface area contributed by atoms with Crippen LogP contribution >= 0.6 is 23.2 Å². The molecular weight excluding hydrogens is 335 g/mol. The third-order valence-corrected chi connectivity index (χ3v) is 5.94. The molecule has 0 spiro atoms. The van der Waals surface area contributed by atoms with Crippen molar-refractivity contribution in [3.63, 3.8) is 0 Å². The maximum atomic E-state index is 12.5. The first-order chi connectivity index (χ1) is 9.89. The van der Waals surface area contributed by atoms with Crippen molar-refractivity contribution in [3.05, 3.63) is 27.7 Å². The van der Waals surface area contributed by atoms with Gasteiger partial charge in [-0.2, -0.15) is 0 Å². The molecule has 1 fully saturated rings. The molecule has 118 valence electrons. The molecule has 0 bridgehead atoms. The first kappa shape index (κ1) is 17.0. The lowest BCUT2D eigenvalue weighted by molar-refractivity contribution is 0.0916. The van der Waals surface area contributed by atoms with E-state index in [1.807, 2.05) is 0 Å². The minimum Gasteiger partial charge on any atom is -0.380 e. The van der Waals surface area contributed by atoms with Crippen LogP contribution in [0.3, 0.4) is 0 Å². The van der Waals surface area contributed by atoms with E-state index in [4.69, 9.17) is 33.7 Å². The van der Waals surface area contributed by atoms with Gasteiger partial charge in [-0.25, -0.2) is 13.1 Å². The Morgan fingerprint density at radius 1 is 1.38 bits per heavy atom. The normalized spacial score (nSPS) is 22.7. The molecule has 3 N–H and O–H groups in total. The van der Waals surface area contributed by atoms with Crippen molar-refractivity contribution in [1.29, 1.82) is 0 Å². The predicted octanol–water partition coefficient (Wildman–Crippen LogP) is 2.30. The number of rotatable bonds is 5. The number of hydrogen-bond acceptors (Lipinski definition) is 4. The Hall–Kier alpha value is -0.370. The van der Waals surface area contributed by atoms with Gasteiger partial charge in [-0.05, 0) is 37.0 Å². The average molecular weight is 353 g/mol. The second-order valence-electron chi connectivity index (χ2n) is 5.01. The lowest BCUT2D eigenvalue weighted by Crippen LogP contribution is -2.40. The monoisotopic (exact) mass is 352 g/mol. The van der Waals surface area contributed by atoms with Gasteiger partial charge in [-0.15, -0.1) is 0 Å². The molecule has 1 aromatic carbocycles.